The summed E-state index contributed by atoms with van der Waals surface area (Å²) in [4.78, 5) is 14.0. The minimum atomic E-state index is 0.0867. The number of methoxy groups -OCH3 is 1. The summed E-state index contributed by atoms with van der Waals surface area (Å²) in [6.45, 7) is 2.25. The average molecular weight is 234 g/mol. The van der Waals surface area contributed by atoms with E-state index in [2.05, 4.69) is 0 Å². The molecule has 1 amide bonds. The average Bonchev–Trinajstić information content (AvgIpc) is 2.87. The third-order valence-electron chi connectivity index (χ3n) is 3.24. The Kier molecular flexibility index (Phi) is 3.64. The van der Waals surface area contributed by atoms with Gasteiger partial charge in [0.25, 0.3) is 5.91 Å². The second kappa shape index (κ2) is 5.19. The SMILES string of the molecule is COc1ccc(C(=O)N2CCC(CN)C2)cc1. The predicted octanol–water partition coefficient (Wildman–Crippen LogP) is 1.12. The van der Waals surface area contributed by atoms with Crippen LogP contribution in [0.5, 0.6) is 5.75 Å². The highest BCUT2D eigenvalue weighted by molar-refractivity contribution is 5.94. The van der Waals surface area contributed by atoms with E-state index in [9.17, 15) is 4.79 Å². The first-order chi connectivity index (χ1) is 8.24. The Hall–Kier alpha value is -1.55. The van der Waals surface area contributed by atoms with E-state index in [-0.39, 0.29) is 5.91 Å². The van der Waals surface area contributed by atoms with Gasteiger partial charge in [-0.15, -0.1) is 0 Å². The third-order valence-corrected chi connectivity index (χ3v) is 3.24. The minimum absolute atomic E-state index is 0.0867. The molecule has 17 heavy (non-hydrogen) atoms. The minimum Gasteiger partial charge on any atom is -0.497 e. The lowest BCUT2D eigenvalue weighted by atomic mass is 10.1. The molecular formula is C13H18N2O2. The number of ether oxygens (including phenoxy) is 1. The molecule has 0 bridgehead atoms. The maximum Gasteiger partial charge on any atom is 0.253 e. The monoisotopic (exact) mass is 234 g/mol. The Bertz CT molecular complexity index is 389. The molecule has 2 rings (SSSR count). The summed E-state index contributed by atoms with van der Waals surface area (Å²) in [6, 6.07) is 7.22. The van der Waals surface area contributed by atoms with Crippen molar-refractivity contribution in [2.45, 2.75) is 6.42 Å². The number of hydrogen-bond donors (Lipinski definition) is 1. The molecule has 1 atom stereocenters. The van der Waals surface area contributed by atoms with Gasteiger partial charge < -0.3 is 15.4 Å². The molecule has 0 aliphatic carbocycles. The summed E-state index contributed by atoms with van der Waals surface area (Å²) in [5.74, 6) is 1.31. The molecule has 0 spiro atoms. The van der Waals surface area contributed by atoms with Crippen molar-refractivity contribution in [2.24, 2.45) is 11.7 Å². The van der Waals surface area contributed by atoms with E-state index < -0.39 is 0 Å². The number of benzene rings is 1. The van der Waals surface area contributed by atoms with Gasteiger partial charge in [-0.3, -0.25) is 4.79 Å². The predicted molar refractivity (Wildman–Crippen MR) is 66.1 cm³/mol. The van der Waals surface area contributed by atoms with E-state index in [0.717, 1.165) is 25.3 Å². The molecular weight excluding hydrogens is 216 g/mol. The molecule has 4 nitrogen and oxygen atoms in total. The number of likely N-dealkylation sites (tertiary alicyclic amines) is 1. The molecule has 0 radical (unpaired) electrons. The Balaban J connectivity index is 2.04. The van der Waals surface area contributed by atoms with Gasteiger partial charge in [-0.05, 0) is 43.1 Å². The van der Waals surface area contributed by atoms with Gasteiger partial charge in [-0.2, -0.15) is 0 Å². The fourth-order valence-electron chi connectivity index (χ4n) is 2.13. The van der Waals surface area contributed by atoms with Gasteiger partial charge in [0.05, 0.1) is 7.11 Å². The third kappa shape index (κ3) is 2.58. The van der Waals surface area contributed by atoms with E-state index in [0.29, 0.717) is 18.0 Å². The maximum absolute atomic E-state index is 12.2. The molecule has 1 saturated heterocycles. The molecule has 1 aromatic carbocycles. The van der Waals surface area contributed by atoms with E-state index in [1.807, 2.05) is 17.0 Å². The van der Waals surface area contributed by atoms with Crippen molar-refractivity contribution in [3.63, 3.8) is 0 Å². The lowest BCUT2D eigenvalue weighted by Crippen LogP contribution is -2.29. The number of carbonyl (C=O) groups excluding carboxylic acids is 1. The lowest BCUT2D eigenvalue weighted by molar-refractivity contribution is 0.0787. The van der Waals surface area contributed by atoms with Crippen LogP contribution in [-0.2, 0) is 0 Å². The summed E-state index contributed by atoms with van der Waals surface area (Å²) in [5.41, 5.74) is 6.33. The highest BCUT2D eigenvalue weighted by Gasteiger charge is 2.25. The Morgan fingerprint density at radius 2 is 2.18 bits per heavy atom. The second-order valence-electron chi connectivity index (χ2n) is 4.37. The standard InChI is InChI=1S/C13H18N2O2/c1-17-12-4-2-11(3-5-12)13(16)15-7-6-10(8-14)9-15/h2-5,10H,6-9,14H2,1H3. The maximum atomic E-state index is 12.2. The molecule has 1 fully saturated rings. The van der Waals surface area contributed by atoms with Crippen LogP contribution in [0.4, 0.5) is 0 Å². The van der Waals surface area contributed by atoms with Crippen LogP contribution in [0.2, 0.25) is 0 Å². The number of nitrogens with two attached hydrogens (primary N) is 1. The van der Waals surface area contributed by atoms with Crippen LogP contribution in [0.25, 0.3) is 0 Å². The lowest BCUT2D eigenvalue weighted by Gasteiger charge is -2.16. The zero-order chi connectivity index (χ0) is 12.3. The Morgan fingerprint density at radius 3 is 2.71 bits per heavy atom. The highest BCUT2D eigenvalue weighted by atomic mass is 16.5. The van der Waals surface area contributed by atoms with Gasteiger partial charge in [-0.1, -0.05) is 0 Å². The number of amides is 1. The van der Waals surface area contributed by atoms with Crippen molar-refractivity contribution in [3.05, 3.63) is 29.8 Å². The molecule has 1 unspecified atom stereocenters. The summed E-state index contributed by atoms with van der Waals surface area (Å²) >= 11 is 0. The molecule has 1 aromatic rings. The largest absolute Gasteiger partial charge is 0.497 e. The normalized spacial score (nSPS) is 19.4. The van der Waals surface area contributed by atoms with Crippen molar-refractivity contribution in [1.82, 2.24) is 4.90 Å². The van der Waals surface area contributed by atoms with Crippen LogP contribution in [-0.4, -0.2) is 37.6 Å². The van der Waals surface area contributed by atoms with Gasteiger partial charge in [0.1, 0.15) is 5.75 Å². The smallest absolute Gasteiger partial charge is 0.253 e. The topological polar surface area (TPSA) is 55.6 Å². The van der Waals surface area contributed by atoms with Gasteiger partial charge >= 0.3 is 0 Å². The van der Waals surface area contributed by atoms with Crippen LogP contribution in [0, 0.1) is 5.92 Å². The Morgan fingerprint density at radius 1 is 1.47 bits per heavy atom. The molecule has 1 aliphatic heterocycles. The molecule has 1 aliphatic rings. The van der Waals surface area contributed by atoms with Crippen molar-refractivity contribution >= 4 is 5.91 Å². The fraction of sp³-hybridized carbons (Fsp3) is 0.462. The van der Waals surface area contributed by atoms with Crippen molar-refractivity contribution < 1.29 is 9.53 Å². The zero-order valence-electron chi connectivity index (χ0n) is 10.1. The number of nitrogens with zero attached hydrogens (tertiary/aromatic N) is 1. The summed E-state index contributed by atoms with van der Waals surface area (Å²) < 4.78 is 5.07. The van der Waals surface area contributed by atoms with Crippen LogP contribution in [0.3, 0.4) is 0 Å². The zero-order valence-corrected chi connectivity index (χ0v) is 10.1. The van der Waals surface area contributed by atoms with Gasteiger partial charge in [0.15, 0.2) is 0 Å². The van der Waals surface area contributed by atoms with E-state index in [4.69, 9.17) is 10.5 Å². The quantitative estimate of drug-likeness (QED) is 0.852. The van der Waals surface area contributed by atoms with Gasteiger partial charge in [0, 0.05) is 18.7 Å². The Labute approximate surface area is 101 Å². The van der Waals surface area contributed by atoms with Crippen molar-refractivity contribution in [1.29, 1.82) is 0 Å². The van der Waals surface area contributed by atoms with Crippen LogP contribution < -0.4 is 10.5 Å². The van der Waals surface area contributed by atoms with E-state index in [1.165, 1.54) is 0 Å². The molecule has 0 aromatic heterocycles. The van der Waals surface area contributed by atoms with Crippen LogP contribution in [0.1, 0.15) is 16.8 Å². The molecule has 0 saturated carbocycles. The summed E-state index contributed by atoms with van der Waals surface area (Å²) in [5, 5.41) is 0. The highest BCUT2D eigenvalue weighted by Crippen LogP contribution is 2.19. The van der Waals surface area contributed by atoms with Gasteiger partial charge in [0.2, 0.25) is 0 Å². The molecule has 2 N–H and O–H groups in total. The second-order valence-corrected chi connectivity index (χ2v) is 4.37. The van der Waals surface area contributed by atoms with Gasteiger partial charge in [-0.25, -0.2) is 0 Å². The van der Waals surface area contributed by atoms with Crippen molar-refractivity contribution in [3.8, 4) is 5.75 Å². The number of rotatable bonds is 3. The summed E-state index contributed by atoms with van der Waals surface area (Å²) in [6.07, 6.45) is 1.01. The molecule has 4 heteroatoms. The summed E-state index contributed by atoms with van der Waals surface area (Å²) in [7, 11) is 1.61. The first-order valence-electron chi connectivity index (χ1n) is 5.88. The molecule has 1 heterocycles. The van der Waals surface area contributed by atoms with Crippen LogP contribution >= 0.6 is 0 Å². The fourth-order valence-corrected chi connectivity index (χ4v) is 2.13. The first-order valence-corrected chi connectivity index (χ1v) is 5.88. The number of hydrogen-bond acceptors (Lipinski definition) is 3. The van der Waals surface area contributed by atoms with Crippen molar-refractivity contribution in [2.75, 3.05) is 26.7 Å². The number of carbonyl (C=O) groups is 1. The van der Waals surface area contributed by atoms with Crippen LogP contribution in [0.15, 0.2) is 24.3 Å². The first kappa shape index (κ1) is 11.9. The molecule has 92 valence electrons. The van der Waals surface area contributed by atoms with E-state index in [1.54, 1.807) is 19.2 Å². The van der Waals surface area contributed by atoms with E-state index >= 15 is 0 Å².